The minimum Gasteiger partial charge on any atom is -0.493 e. The van der Waals surface area contributed by atoms with Gasteiger partial charge >= 0.3 is 5.97 Å². The quantitative estimate of drug-likeness (QED) is 0.792. The summed E-state index contributed by atoms with van der Waals surface area (Å²) in [4.78, 5) is 11.5. The predicted octanol–water partition coefficient (Wildman–Crippen LogP) is 2.99. The highest BCUT2D eigenvalue weighted by molar-refractivity contribution is 5.77. The third-order valence-corrected chi connectivity index (χ3v) is 3.16. The van der Waals surface area contributed by atoms with Crippen LogP contribution in [0.4, 0.5) is 0 Å². The van der Waals surface area contributed by atoms with Crippen LogP contribution in [0.5, 0.6) is 11.5 Å². The van der Waals surface area contributed by atoms with Crippen LogP contribution < -0.4 is 9.47 Å². The molecule has 0 atom stereocenters. The Balaban J connectivity index is 2.44. The molecule has 1 aromatic carbocycles. The minimum absolute atomic E-state index is 0.0913. The molecule has 1 aromatic heterocycles. The standard InChI is InChI=1S/C16H18O5/c1-10-7-12(14(21-10)9-16(17)20-4)11-5-6-13(18-2)15(8-11)19-3/h5-8H,9H2,1-4H3. The lowest BCUT2D eigenvalue weighted by molar-refractivity contribution is -0.140. The van der Waals surface area contributed by atoms with Gasteiger partial charge in [-0.25, -0.2) is 0 Å². The zero-order chi connectivity index (χ0) is 15.4. The highest BCUT2D eigenvalue weighted by Gasteiger charge is 2.16. The van der Waals surface area contributed by atoms with Crippen molar-refractivity contribution in [2.24, 2.45) is 0 Å². The molecular weight excluding hydrogens is 272 g/mol. The van der Waals surface area contributed by atoms with Crippen molar-refractivity contribution >= 4 is 5.97 Å². The van der Waals surface area contributed by atoms with Crippen LogP contribution in [-0.2, 0) is 16.0 Å². The Morgan fingerprint density at radius 3 is 2.43 bits per heavy atom. The smallest absolute Gasteiger partial charge is 0.313 e. The number of carbonyl (C=O) groups excluding carboxylic acids is 1. The maximum atomic E-state index is 11.5. The van der Waals surface area contributed by atoms with E-state index in [4.69, 9.17) is 18.6 Å². The SMILES string of the molecule is COC(=O)Cc1oc(C)cc1-c1ccc(OC)c(OC)c1. The first-order chi connectivity index (χ1) is 10.1. The average Bonchev–Trinajstić information content (AvgIpc) is 2.86. The summed E-state index contributed by atoms with van der Waals surface area (Å²) >= 11 is 0. The second kappa shape index (κ2) is 6.35. The van der Waals surface area contributed by atoms with Gasteiger partial charge in [0.1, 0.15) is 17.9 Å². The van der Waals surface area contributed by atoms with Gasteiger partial charge in [-0.15, -0.1) is 0 Å². The Morgan fingerprint density at radius 1 is 1.10 bits per heavy atom. The molecule has 0 bridgehead atoms. The van der Waals surface area contributed by atoms with E-state index in [1.165, 1.54) is 7.11 Å². The fourth-order valence-corrected chi connectivity index (χ4v) is 2.15. The summed E-state index contributed by atoms with van der Waals surface area (Å²) in [6.07, 6.45) is 0.0913. The summed E-state index contributed by atoms with van der Waals surface area (Å²) in [5.41, 5.74) is 1.74. The average molecular weight is 290 g/mol. The van der Waals surface area contributed by atoms with Gasteiger partial charge < -0.3 is 18.6 Å². The largest absolute Gasteiger partial charge is 0.493 e. The molecular formula is C16H18O5. The number of aryl methyl sites for hydroxylation is 1. The van der Waals surface area contributed by atoms with E-state index in [9.17, 15) is 4.79 Å². The Labute approximate surface area is 123 Å². The number of hydrogen-bond donors (Lipinski definition) is 0. The van der Waals surface area contributed by atoms with Crippen molar-refractivity contribution in [3.63, 3.8) is 0 Å². The molecule has 0 unspecified atom stereocenters. The summed E-state index contributed by atoms with van der Waals surface area (Å²) < 4.78 is 20.8. The molecule has 0 saturated heterocycles. The maximum Gasteiger partial charge on any atom is 0.313 e. The molecule has 0 aliphatic rings. The monoisotopic (exact) mass is 290 g/mol. The molecule has 2 rings (SSSR count). The molecule has 5 heteroatoms. The molecule has 0 fully saturated rings. The van der Waals surface area contributed by atoms with E-state index in [-0.39, 0.29) is 12.4 Å². The van der Waals surface area contributed by atoms with E-state index < -0.39 is 0 Å². The minimum atomic E-state index is -0.342. The third kappa shape index (κ3) is 3.18. The number of hydrogen-bond acceptors (Lipinski definition) is 5. The Hall–Kier alpha value is -2.43. The second-order valence-corrected chi connectivity index (χ2v) is 4.52. The summed E-state index contributed by atoms with van der Waals surface area (Å²) in [6.45, 7) is 1.84. The van der Waals surface area contributed by atoms with Crippen LogP contribution in [0.3, 0.4) is 0 Å². The number of furan rings is 1. The highest BCUT2D eigenvalue weighted by atomic mass is 16.5. The molecule has 1 heterocycles. The molecule has 0 radical (unpaired) electrons. The zero-order valence-corrected chi connectivity index (χ0v) is 12.6. The number of esters is 1. The Morgan fingerprint density at radius 2 is 1.81 bits per heavy atom. The fraction of sp³-hybridized carbons (Fsp3) is 0.312. The van der Waals surface area contributed by atoms with E-state index in [1.807, 2.05) is 31.2 Å². The van der Waals surface area contributed by atoms with E-state index in [1.54, 1.807) is 14.2 Å². The molecule has 5 nitrogen and oxygen atoms in total. The van der Waals surface area contributed by atoms with E-state index in [0.29, 0.717) is 17.3 Å². The van der Waals surface area contributed by atoms with Crippen molar-refractivity contribution in [2.75, 3.05) is 21.3 Å². The lowest BCUT2D eigenvalue weighted by Crippen LogP contribution is -2.04. The zero-order valence-electron chi connectivity index (χ0n) is 12.6. The van der Waals surface area contributed by atoms with Crippen LogP contribution in [0.2, 0.25) is 0 Å². The summed E-state index contributed by atoms with van der Waals surface area (Å²) in [5.74, 6) is 2.24. The van der Waals surface area contributed by atoms with Crippen molar-refractivity contribution < 1.29 is 23.4 Å². The molecule has 0 aliphatic heterocycles. The van der Waals surface area contributed by atoms with Crippen LogP contribution >= 0.6 is 0 Å². The first-order valence-electron chi connectivity index (χ1n) is 6.47. The molecule has 0 spiro atoms. The van der Waals surface area contributed by atoms with Crippen LogP contribution in [0.1, 0.15) is 11.5 Å². The van der Waals surface area contributed by atoms with Crippen LogP contribution in [0, 0.1) is 6.92 Å². The van der Waals surface area contributed by atoms with Crippen molar-refractivity contribution in [1.82, 2.24) is 0 Å². The highest BCUT2D eigenvalue weighted by Crippen LogP contribution is 2.35. The van der Waals surface area contributed by atoms with Crippen molar-refractivity contribution in [1.29, 1.82) is 0 Å². The summed E-state index contributed by atoms with van der Waals surface area (Å²) in [5, 5.41) is 0. The predicted molar refractivity (Wildman–Crippen MR) is 77.7 cm³/mol. The Kier molecular flexibility index (Phi) is 4.52. The topological polar surface area (TPSA) is 57.9 Å². The number of ether oxygens (including phenoxy) is 3. The van der Waals surface area contributed by atoms with Crippen LogP contribution in [-0.4, -0.2) is 27.3 Å². The van der Waals surface area contributed by atoms with Gasteiger partial charge in [-0.1, -0.05) is 6.07 Å². The molecule has 0 aliphatic carbocycles. The van der Waals surface area contributed by atoms with Crippen LogP contribution in [0.15, 0.2) is 28.7 Å². The normalized spacial score (nSPS) is 10.3. The van der Waals surface area contributed by atoms with Gasteiger partial charge in [0.25, 0.3) is 0 Å². The van der Waals surface area contributed by atoms with Gasteiger partial charge in [0, 0.05) is 5.56 Å². The third-order valence-electron chi connectivity index (χ3n) is 3.16. The van der Waals surface area contributed by atoms with Gasteiger partial charge in [-0.3, -0.25) is 4.79 Å². The molecule has 0 amide bonds. The van der Waals surface area contributed by atoms with E-state index in [2.05, 4.69) is 0 Å². The van der Waals surface area contributed by atoms with Gasteiger partial charge in [-0.2, -0.15) is 0 Å². The number of benzene rings is 1. The van der Waals surface area contributed by atoms with Gasteiger partial charge in [0.05, 0.1) is 21.3 Å². The first kappa shape index (κ1) is 15.0. The van der Waals surface area contributed by atoms with Gasteiger partial charge in [0.2, 0.25) is 0 Å². The van der Waals surface area contributed by atoms with Gasteiger partial charge in [0.15, 0.2) is 11.5 Å². The number of rotatable bonds is 5. The summed E-state index contributed by atoms with van der Waals surface area (Å²) in [6, 6.07) is 7.45. The second-order valence-electron chi connectivity index (χ2n) is 4.52. The van der Waals surface area contributed by atoms with Gasteiger partial charge in [-0.05, 0) is 30.7 Å². The molecule has 112 valence electrons. The summed E-state index contributed by atoms with van der Waals surface area (Å²) in [7, 11) is 4.52. The fourth-order valence-electron chi connectivity index (χ4n) is 2.15. The van der Waals surface area contributed by atoms with Crippen molar-refractivity contribution in [3.05, 3.63) is 35.8 Å². The van der Waals surface area contributed by atoms with Crippen LogP contribution in [0.25, 0.3) is 11.1 Å². The molecule has 0 saturated carbocycles. The van der Waals surface area contributed by atoms with E-state index in [0.717, 1.165) is 16.9 Å². The Bertz CT molecular complexity index is 642. The lowest BCUT2D eigenvalue weighted by Gasteiger charge is -2.09. The number of methoxy groups -OCH3 is 3. The molecule has 0 N–H and O–H groups in total. The van der Waals surface area contributed by atoms with Crippen molar-refractivity contribution in [2.45, 2.75) is 13.3 Å². The van der Waals surface area contributed by atoms with E-state index >= 15 is 0 Å². The molecule has 21 heavy (non-hydrogen) atoms. The lowest BCUT2D eigenvalue weighted by atomic mass is 10.0. The van der Waals surface area contributed by atoms with Crippen molar-refractivity contribution in [3.8, 4) is 22.6 Å². The first-order valence-corrected chi connectivity index (χ1v) is 6.47. The maximum absolute atomic E-state index is 11.5. The number of carbonyl (C=O) groups is 1. The molecule has 2 aromatic rings.